The van der Waals surface area contributed by atoms with Crippen LogP contribution in [0.15, 0.2) is 29.8 Å². The summed E-state index contributed by atoms with van der Waals surface area (Å²) in [4.78, 5) is 22.4. The summed E-state index contributed by atoms with van der Waals surface area (Å²) in [6.07, 6.45) is 1.47. The molecule has 0 fully saturated rings. The molecule has 1 aromatic carbocycles. The number of benzene rings is 1. The number of aryl methyl sites for hydroxylation is 1. The number of aldehydes is 1. The third-order valence-corrected chi connectivity index (χ3v) is 3.54. The smallest absolute Gasteiger partial charge is 0.335 e. The van der Waals surface area contributed by atoms with E-state index in [1.165, 1.54) is 0 Å². The van der Waals surface area contributed by atoms with Gasteiger partial charge in [0.1, 0.15) is 6.29 Å². The van der Waals surface area contributed by atoms with Crippen molar-refractivity contribution in [2.45, 2.75) is 26.7 Å². The van der Waals surface area contributed by atoms with Gasteiger partial charge < -0.3 is 9.53 Å². The molecule has 0 amide bonds. The van der Waals surface area contributed by atoms with Crippen LogP contribution in [0.1, 0.15) is 30.9 Å². The van der Waals surface area contributed by atoms with Crippen molar-refractivity contribution in [2.75, 3.05) is 6.61 Å². The average Bonchev–Trinajstić information content (AvgIpc) is 2.40. The molecule has 0 aliphatic rings. The van der Waals surface area contributed by atoms with Crippen molar-refractivity contribution < 1.29 is 14.3 Å². The predicted molar refractivity (Wildman–Crippen MR) is 79.0 cm³/mol. The largest absolute Gasteiger partial charge is 0.463 e. The number of carbonyl (C=O) groups is 2. The van der Waals surface area contributed by atoms with Gasteiger partial charge in [-0.1, -0.05) is 29.8 Å². The number of halogens is 1. The standard InChI is InChI=1S/C15H17BrO3/c1-3-19-15(18)13(5-4-10-17)14(16)12-8-6-11(2)7-9-12/h6-10H,3-5H2,1-2H3/b14-13-. The highest BCUT2D eigenvalue weighted by Gasteiger charge is 2.16. The van der Waals surface area contributed by atoms with Crippen LogP contribution in [0, 0.1) is 6.92 Å². The van der Waals surface area contributed by atoms with Crippen LogP contribution in [0.4, 0.5) is 0 Å². The number of esters is 1. The average molecular weight is 325 g/mol. The van der Waals surface area contributed by atoms with Gasteiger partial charge in [0.2, 0.25) is 0 Å². The van der Waals surface area contributed by atoms with E-state index in [-0.39, 0.29) is 5.97 Å². The summed E-state index contributed by atoms with van der Waals surface area (Å²) in [6.45, 7) is 4.08. The Morgan fingerprint density at radius 1 is 1.32 bits per heavy atom. The Hall–Kier alpha value is -1.42. The first-order valence-electron chi connectivity index (χ1n) is 6.16. The molecule has 0 atom stereocenters. The minimum absolute atomic E-state index is 0.301. The Kier molecular flexibility index (Phi) is 6.50. The number of rotatable bonds is 6. The number of hydrogen-bond acceptors (Lipinski definition) is 3. The van der Waals surface area contributed by atoms with Crippen molar-refractivity contribution in [3.8, 4) is 0 Å². The lowest BCUT2D eigenvalue weighted by Gasteiger charge is -2.09. The molecule has 19 heavy (non-hydrogen) atoms. The fourth-order valence-corrected chi connectivity index (χ4v) is 2.22. The molecule has 0 saturated heterocycles. The molecule has 0 bridgehead atoms. The van der Waals surface area contributed by atoms with Crippen LogP contribution >= 0.6 is 15.9 Å². The third-order valence-electron chi connectivity index (χ3n) is 2.60. The molecule has 1 rings (SSSR count). The van der Waals surface area contributed by atoms with Gasteiger partial charge in [-0.05, 0) is 41.8 Å². The Morgan fingerprint density at radius 3 is 2.47 bits per heavy atom. The maximum Gasteiger partial charge on any atom is 0.335 e. The molecule has 0 radical (unpaired) electrons. The number of ether oxygens (including phenoxy) is 1. The molecule has 0 aromatic heterocycles. The van der Waals surface area contributed by atoms with Crippen LogP contribution in [0.2, 0.25) is 0 Å². The zero-order chi connectivity index (χ0) is 14.3. The third kappa shape index (κ3) is 4.63. The van der Waals surface area contributed by atoms with Crippen molar-refractivity contribution in [3.63, 3.8) is 0 Å². The maximum atomic E-state index is 11.9. The first kappa shape index (κ1) is 15.6. The second-order valence-electron chi connectivity index (χ2n) is 4.08. The van der Waals surface area contributed by atoms with E-state index in [2.05, 4.69) is 15.9 Å². The Balaban J connectivity index is 3.10. The highest BCUT2D eigenvalue weighted by molar-refractivity contribution is 9.15. The Morgan fingerprint density at radius 2 is 1.95 bits per heavy atom. The minimum Gasteiger partial charge on any atom is -0.463 e. The molecule has 102 valence electrons. The Labute approximate surface area is 121 Å². The van der Waals surface area contributed by atoms with E-state index >= 15 is 0 Å². The van der Waals surface area contributed by atoms with Gasteiger partial charge in [-0.25, -0.2) is 4.79 Å². The lowest BCUT2D eigenvalue weighted by molar-refractivity contribution is -0.138. The molecular weight excluding hydrogens is 308 g/mol. The van der Waals surface area contributed by atoms with Crippen LogP contribution in [0.3, 0.4) is 0 Å². The van der Waals surface area contributed by atoms with E-state index in [0.29, 0.717) is 29.5 Å². The summed E-state index contributed by atoms with van der Waals surface area (Å²) in [5, 5.41) is 0. The van der Waals surface area contributed by atoms with Crippen LogP contribution in [-0.2, 0) is 14.3 Å². The monoisotopic (exact) mass is 324 g/mol. The summed E-state index contributed by atoms with van der Waals surface area (Å²) < 4.78 is 5.71. The van der Waals surface area contributed by atoms with E-state index in [1.807, 2.05) is 31.2 Å². The van der Waals surface area contributed by atoms with Crippen molar-refractivity contribution in [1.82, 2.24) is 0 Å². The quantitative estimate of drug-likeness (QED) is 0.456. The highest BCUT2D eigenvalue weighted by Crippen LogP contribution is 2.28. The van der Waals surface area contributed by atoms with Crippen molar-refractivity contribution >= 4 is 32.7 Å². The van der Waals surface area contributed by atoms with Crippen LogP contribution < -0.4 is 0 Å². The summed E-state index contributed by atoms with van der Waals surface area (Å²) in [7, 11) is 0. The molecule has 0 unspecified atom stereocenters. The molecule has 0 heterocycles. The predicted octanol–water partition coefficient (Wildman–Crippen LogP) is 3.64. The summed E-state index contributed by atoms with van der Waals surface area (Å²) in [5.74, 6) is -0.378. The summed E-state index contributed by atoms with van der Waals surface area (Å²) in [6, 6.07) is 7.80. The summed E-state index contributed by atoms with van der Waals surface area (Å²) >= 11 is 3.44. The van der Waals surface area contributed by atoms with Crippen molar-refractivity contribution in [1.29, 1.82) is 0 Å². The minimum atomic E-state index is -0.378. The molecule has 3 nitrogen and oxygen atoms in total. The zero-order valence-corrected chi connectivity index (χ0v) is 12.7. The van der Waals surface area contributed by atoms with Gasteiger partial charge in [0.15, 0.2) is 0 Å². The fraction of sp³-hybridized carbons (Fsp3) is 0.333. The van der Waals surface area contributed by atoms with Gasteiger partial charge >= 0.3 is 5.97 Å². The normalized spacial score (nSPS) is 11.7. The van der Waals surface area contributed by atoms with E-state index in [9.17, 15) is 9.59 Å². The van der Waals surface area contributed by atoms with Gasteiger partial charge in [-0.15, -0.1) is 0 Å². The van der Waals surface area contributed by atoms with E-state index in [0.717, 1.165) is 17.4 Å². The molecule has 0 spiro atoms. The van der Waals surface area contributed by atoms with E-state index in [1.54, 1.807) is 6.92 Å². The molecule has 0 aliphatic carbocycles. The van der Waals surface area contributed by atoms with Crippen LogP contribution in [0.25, 0.3) is 4.48 Å². The lowest BCUT2D eigenvalue weighted by Crippen LogP contribution is -2.09. The van der Waals surface area contributed by atoms with Crippen LogP contribution in [-0.4, -0.2) is 18.9 Å². The topological polar surface area (TPSA) is 43.4 Å². The van der Waals surface area contributed by atoms with Crippen molar-refractivity contribution in [3.05, 3.63) is 41.0 Å². The van der Waals surface area contributed by atoms with Gasteiger partial charge in [-0.3, -0.25) is 0 Å². The van der Waals surface area contributed by atoms with Gasteiger partial charge in [-0.2, -0.15) is 0 Å². The molecule has 0 aliphatic heterocycles. The van der Waals surface area contributed by atoms with Gasteiger partial charge in [0.25, 0.3) is 0 Å². The van der Waals surface area contributed by atoms with E-state index in [4.69, 9.17) is 4.74 Å². The highest BCUT2D eigenvalue weighted by atomic mass is 79.9. The number of hydrogen-bond donors (Lipinski definition) is 0. The van der Waals surface area contributed by atoms with Crippen LogP contribution in [0.5, 0.6) is 0 Å². The maximum absolute atomic E-state index is 11.9. The molecular formula is C15H17BrO3. The molecule has 0 N–H and O–H groups in total. The lowest BCUT2D eigenvalue weighted by atomic mass is 10.1. The zero-order valence-electron chi connectivity index (χ0n) is 11.1. The molecule has 0 saturated carbocycles. The first-order chi connectivity index (χ1) is 9.10. The number of carbonyl (C=O) groups excluding carboxylic acids is 2. The van der Waals surface area contributed by atoms with E-state index < -0.39 is 0 Å². The fourth-order valence-electron chi connectivity index (χ4n) is 1.60. The molecule has 4 heteroatoms. The second kappa shape index (κ2) is 7.89. The Bertz CT molecular complexity index is 475. The van der Waals surface area contributed by atoms with Gasteiger partial charge in [0.05, 0.1) is 12.2 Å². The van der Waals surface area contributed by atoms with Gasteiger partial charge in [0, 0.05) is 10.9 Å². The second-order valence-corrected chi connectivity index (χ2v) is 4.88. The van der Waals surface area contributed by atoms with Crippen molar-refractivity contribution in [2.24, 2.45) is 0 Å². The first-order valence-corrected chi connectivity index (χ1v) is 6.95. The summed E-state index contributed by atoms with van der Waals surface area (Å²) in [5.41, 5.74) is 2.55. The molecule has 1 aromatic rings. The SMILES string of the molecule is CCOC(=O)/C(CCC=O)=C(\Br)c1ccc(C)cc1.